The number of nitrogens with zero attached hydrogens (tertiary/aromatic N) is 2. The number of esters is 1. The summed E-state index contributed by atoms with van der Waals surface area (Å²) < 4.78 is 11.6. The van der Waals surface area contributed by atoms with Crippen LogP contribution in [0.5, 0.6) is 0 Å². The second kappa shape index (κ2) is 20.3. The zero-order valence-corrected chi connectivity index (χ0v) is 24.1. The first-order valence-electron chi connectivity index (χ1n) is 14.0. The molecule has 17 heteroatoms. The number of carboxylic acid groups (broad SMARTS) is 1. The Labute approximate surface area is 248 Å². The van der Waals surface area contributed by atoms with Crippen molar-refractivity contribution in [1.29, 1.82) is 0 Å². The molecule has 1 aliphatic rings. The predicted molar refractivity (Wildman–Crippen MR) is 149 cm³/mol. The van der Waals surface area contributed by atoms with E-state index in [1.165, 1.54) is 12.3 Å². The highest BCUT2D eigenvalue weighted by Gasteiger charge is 2.44. The van der Waals surface area contributed by atoms with E-state index in [1.54, 1.807) is 7.05 Å². The van der Waals surface area contributed by atoms with E-state index < -0.39 is 73.2 Å². The molecular weight excluding hydrogens is 576 g/mol. The number of likely N-dealkylation sites (N-methyl/N-ethyl adjacent to an activating group) is 1. The SMILES string of the molecule is CNC[C@H](O)[C@@H](O)[C@H](O)[C@H](O)CO.Nc1ccn([C@@H]2O[C@H](COC(=O)CCCCCCCCC(=O)O)[C@@H](O)[C@@H]2O)c(=O)n1. The molecule has 0 aromatic carbocycles. The molecule has 11 N–H and O–H groups in total. The Morgan fingerprint density at radius 3 is 2.16 bits per heavy atom. The highest BCUT2D eigenvalue weighted by molar-refractivity contribution is 5.69. The number of ether oxygens (including phenoxy) is 2. The van der Waals surface area contributed by atoms with E-state index >= 15 is 0 Å². The molecule has 1 fully saturated rings. The van der Waals surface area contributed by atoms with Gasteiger partial charge in [0.05, 0.1) is 12.7 Å². The van der Waals surface area contributed by atoms with Gasteiger partial charge in [-0.05, 0) is 26.0 Å². The number of carbonyl (C=O) groups is 2. The molecule has 0 saturated carbocycles. The van der Waals surface area contributed by atoms with Gasteiger partial charge in [0.1, 0.15) is 49.0 Å². The van der Waals surface area contributed by atoms with Gasteiger partial charge in [-0.1, -0.05) is 25.7 Å². The average Bonchev–Trinajstić information content (AvgIpc) is 3.25. The fourth-order valence-corrected chi connectivity index (χ4v) is 4.11. The molecule has 248 valence electrons. The smallest absolute Gasteiger partial charge is 0.351 e. The lowest BCUT2D eigenvalue weighted by atomic mass is 10.0. The lowest BCUT2D eigenvalue weighted by Crippen LogP contribution is -2.48. The number of aliphatic hydroxyl groups is 7. The van der Waals surface area contributed by atoms with E-state index in [9.17, 15) is 29.7 Å². The standard InChI is InChI=1S/C19H29N3O8.C7H17NO5/c20-13-9-10-22(19(28)21-13)18-17(27)16(26)12(30-18)11-29-15(25)8-6-4-2-1-3-5-7-14(23)24;1-8-2-4(10)6(12)7(13)5(11)3-9/h9-10,12,16-18,26-27H,1-8,11H2,(H,23,24)(H2,20,21,28);4-13H,2-3H2,1H3/t12-,16-,17+,18-;4-,5+,6+,7+/m10/s1. The second-order valence-electron chi connectivity index (χ2n) is 10.1. The third-order valence-corrected chi connectivity index (χ3v) is 6.63. The summed E-state index contributed by atoms with van der Waals surface area (Å²) in [7, 11) is 1.57. The number of rotatable bonds is 18. The molecule has 1 aliphatic heterocycles. The first-order chi connectivity index (χ1) is 20.3. The van der Waals surface area contributed by atoms with Crippen LogP contribution < -0.4 is 16.7 Å². The third kappa shape index (κ3) is 13.6. The summed E-state index contributed by atoms with van der Waals surface area (Å²) >= 11 is 0. The van der Waals surface area contributed by atoms with Gasteiger partial charge in [0.2, 0.25) is 0 Å². The summed E-state index contributed by atoms with van der Waals surface area (Å²) in [6, 6.07) is 1.36. The number of unbranched alkanes of at least 4 members (excludes halogenated alkanes) is 5. The van der Waals surface area contributed by atoms with Crippen molar-refractivity contribution >= 4 is 17.8 Å². The van der Waals surface area contributed by atoms with Crippen molar-refractivity contribution in [1.82, 2.24) is 14.9 Å². The molecule has 0 aliphatic carbocycles. The van der Waals surface area contributed by atoms with Crippen molar-refractivity contribution in [3.05, 3.63) is 22.7 Å². The van der Waals surface area contributed by atoms with E-state index in [-0.39, 0.29) is 31.8 Å². The first-order valence-corrected chi connectivity index (χ1v) is 14.0. The summed E-state index contributed by atoms with van der Waals surface area (Å²) in [4.78, 5) is 37.7. The Bertz CT molecular complexity index is 1010. The first kappa shape index (κ1) is 38.3. The summed E-state index contributed by atoms with van der Waals surface area (Å²) in [5.74, 6) is -1.21. The molecule has 1 aromatic heterocycles. The quantitative estimate of drug-likeness (QED) is 0.0571. The van der Waals surface area contributed by atoms with Crippen LogP contribution in [-0.2, 0) is 19.1 Å². The van der Waals surface area contributed by atoms with Gasteiger partial charge in [0, 0.05) is 25.6 Å². The van der Waals surface area contributed by atoms with Gasteiger partial charge in [-0.15, -0.1) is 0 Å². The molecule has 2 heterocycles. The number of aromatic nitrogens is 2. The monoisotopic (exact) mass is 622 g/mol. The van der Waals surface area contributed by atoms with Gasteiger partial charge < -0.3 is 61.4 Å². The van der Waals surface area contributed by atoms with Crippen LogP contribution in [0.4, 0.5) is 5.82 Å². The van der Waals surface area contributed by atoms with Crippen molar-refractivity contribution in [3.63, 3.8) is 0 Å². The summed E-state index contributed by atoms with van der Waals surface area (Å²) in [5.41, 5.74) is 4.70. The molecule has 1 aromatic rings. The average molecular weight is 623 g/mol. The number of hydrogen-bond acceptors (Lipinski definition) is 15. The Kier molecular flexibility index (Phi) is 18.0. The van der Waals surface area contributed by atoms with Crippen molar-refractivity contribution in [2.45, 2.75) is 100 Å². The van der Waals surface area contributed by atoms with Crippen LogP contribution in [0.25, 0.3) is 0 Å². The summed E-state index contributed by atoms with van der Waals surface area (Å²) in [6.45, 7) is -0.819. The number of nitrogen functional groups attached to an aromatic ring is 1. The molecule has 0 amide bonds. The predicted octanol–water partition coefficient (Wildman–Crippen LogP) is -3.16. The molecule has 0 unspecified atom stereocenters. The van der Waals surface area contributed by atoms with E-state index in [1.807, 2.05) is 0 Å². The van der Waals surface area contributed by atoms with Crippen LogP contribution in [0.15, 0.2) is 17.1 Å². The van der Waals surface area contributed by atoms with Crippen LogP contribution in [0.2, 0.25) is 0 Å². The minimum absolute atomic E-state index is 0.0232. The highest BCUT2D eigenvalue weighted by atomic mass is 16.6. The Hall–Kier alpha value is -2.74. The molecule has 1 saturated heterocycles. The van der Waals surface area contributed by atoms with Crippen LogP contribution >= 0.6 is 0 Å². The van der Waals surface area contributed by atoms with E-state index in [0.717, 1.165) is 30.3 Å². The molecule has 17 nitrogen and oxygen atoms in total. The number of aliphatic carboxylic acids is 1. The fraction of sp³-hybridized carbons (Fsp3) is 0.769. The number of carbonyl (C=O) groups excluding carboxylic acids is 1. The van der Waals surface area contributed by atoms with Gasteiger partial charge in [-0.3, -0.25) is 14.2 Å². The maximum atomic E-state index is 11.9. The largest absolute Gasteiger partial charge is 0.481 e. The molecule has 0 spiro atoms. The molecule has 0 radical (unpaired) electrons. The lowest BCUT2D eigenvalue weighted by Gasteiger charge is -2.25. The Morgan fingerprint density at radius 1 is 1.02 bits per heavy atom. The number of aliphatic hydroxyl groups excluding tert-OH is 7. The van der Waals surface area contributed by atoms with Crippen molar-refractivity contribution in [3.8, 4) is 0 Å². The number of nitrogens with two attached hydrogens (primary N) is 1. The van der Waals surface area contributed by atoms with Crippen LogP contribution in [0, 0.1) is 0 Å². The molecule has 0 bridgehead atoms. The maximum absolute atomic E-state index is 11.9. The lowest BCUT2D eigenvalue weighted by molar-refractivity contribution is -0.150. The van der Waals surface area contributed by atoms with Crippen LogP contribution in [0.1, 0.15) is 57.6 Å². The van der Waals surface area contributed by atoms with Gasteiger partial charge in [-0.2, -0.15) is 4.98 Å². The minimum atomic E-state index is -1.55. The van der Waals surface area contributed by atoms with Crippen molar-refractivity contribution in [2.75, 3.05) is 32.5 Å². The van der Waals surface area contributed by atoms with Gasteiger partial charge in [0.25, 0.3) is 0 Å². The number of hydrogen-bond donors (Lipinski definition) is 10. The van der Waals surface area contributed by atoms with Crippen LogP contribution in [-0.4, -0.2) is 132 Å². The fourth-order valence-electron chi connectivity index (χ4n) is 4.11. The number of anilines is 1. The van der Waals surface area contributed by atoms with Crippen molar-refractivity contribution < 1.29 is 59.9 Å². The topological polar surface area (TPSA) is 287 Å². The van der Waals surface area contributed by atoms with E-state index in [2.05, 4.69) is 10.3 Å². The maximum Gasteiger partial charge on any atom is 0.351 e. The van der Waals surface area contributed by atoms with Crippen LogP contribution in [0.3, 0.4) is 0 Å². The normalized spacial score (nSPS) is 22.6. The third-order valence-electron chi connectivity index (χ3n) is 6.63. The minimum Gasteiger partial charge on any atom is -0.481 e. The molecular formula is C26H46N4O13. The summed E-state index contributed by atoms with van der Waals surface area (Å²) in [5, 5.41) is 76.3. The van der Waals surface area contributed by atoms with E-state index in [0.29, 0.717) is 12.8 Å². The Morgan fingerprint density at radius 2 is 1.60 bits per heavy atom. The van der Waals surface area contributed by atoms with E-state index in [4.69, 9.17) is 40.7 Å². The van der Waals surface area contributed by atoms with Gasteiger partial charge in [0.15, 0.2) is 6.23 Å². The molecule has 8 atom stereocenters. The zero-order chi connectivity index (χ0) is 32.5. The van der Waals surface area contributed by atoms with Crippen molar-refractivity contribution in [2.24, 2.45) is 0 Å². The van der Waals surface area contributed by atoms with Gasteiger partial charge in [-0.25, -0.2) is 4.79 Å². The second-order valence-corrected chi connectivity index (χ2v) is 10.1. The summed E-state index contributed by atoms with van der Waals surface area (Å²) in [6.07, 6.45) is -4.00. The molecule has 43 heavy (non-hydrogen) atoms. The molecule has 2 rings (SSSR count). The zero-order valence-electron chi connectivity index (χ0n) is 24.1. The number of carboxylic acids is 1. The number of nitrogens with one attached hydrogen (secondary N) is 1. The highest BCUT2D eigenvalue weighted by Crippen LogP contribution is 2.28. The Balaban J connectivity index is 0.000000599. The van der Waals surface area contributed by atoms with Gasteiger partial charge >= 0.3 is 17.6 Å².